The molecule has 0 radical (unpaired) electrons. The van der Waals surface area contributed by atoms with Gasteiger partial charge >= 0.3 is 5.97 Å². The maximum absolute atomic E-state index is 11.2. The molecule has 0 spiro atoms. The number of nitrogens with zero attached hydrogens (tertiary/aromatic N) is 2. The van der Waals surface area contributed by atoms with Crippen molar-refractivity contribution in [1.82, 2.24) is 9.97 Å². The number of rotatable bonds is 6. The topological polar surface area (TPSA) is 75.1 Å². The molecule has 2 N–H and O–H groups in total. The van der Waals surface area contributed by atoms with Gasteiger partial charge in [-0.3, -0.25) is 0 Å². The first-order valence-electron chi connectivity index (χ1n) is 5.90. The SMILES string of the molecule is CSCC[C@H](Nc1ncnc2ccccc12)C(=O)O.Cl. The fraction of sp³-hybridized carbons (Fsp3) is 0.308. The first-order valence-corrected chi connectivity index (χ1v) is 7.30. The largest absolute Gasteiger partial charge is 0.480 e. The molecule has 1 aromatic heterocycles. The Hall–Kier alpha value is -1.53. The third kappa shape index (κ3) is 3.98. The van der Waals surface area contributed by atoms with Gasteiger partial charge in [-0.25, -0.2) is 14.8 Å². The Morgan fingerprint density at radius 3 is 2.85 bits per heavy atom. The molecule has 1 aromatic carbocycles. The number of benzene rings is 1. The molecule has 0 aliphatic heterocycles. The molecule has 20 heavy (non-hydrogen) atoms. The molecule has 0 amide bonds. The maximum Gasteiger partial charge on any atom is 0.326 e. The van der Waals surface area contributed by atoms with Crippen LogP contribution in [0.5, 0.6) is 0 Å². The van der Waals surface area contributed by atoms with Crippen LogP contribution in [0.25, 0.3) is 10.9 Å². The smallest absolute Gasteiger partial charge is 0.326 e. The molecule has 0 aliphatic rings. The van der Waals surface area contributed by atoms with Crippen molar-refractivity contribution < 1.29 is 9.90 Å². The number of fused-ring (bicyclic) bond motifs is 1. The number of halogens is 1. The zero-order chi connectivity index (χ0) is 13.7. The Morgan fingerprint density at radius 2 is 2.15 bits per heavy atom. The Morgan fingerprint density at radius 1 is 1.40 bits per heavy atom. The lowest BCUT2D eigenvalue weighted by Gasteiger charge is -2.15. The van der Waals surface area contributed by atoms with E-state index in [0.717, 1.165) is 16.7 Å². The second-order valence-electron chi connectivity index (χ2n) is 4.06. The monoisotopic (exact) mass is 313 g/mol. The first-order chi connectivity index (χ1) is 9.22. The number of aromatic nitrogens is 2. The number of carbonyl (C=O) groups is 1. The van der Waals surface area contributed by atoms with E-state index in [0.29, 0.717) is 12.2 Å². The lowest BCUT2D eigenvalue weighted by Crippen LogP contribution is -2.30. The highest BCUT2D eigenvalue weighted by atomic mass is 35.5. The van der Waals surface area contributed by atoms with Crippen LogP contribution in [0.15, 0.2) is 30.6 Å². The summed E-state index contributed by atoms with van der Waals surface area (Å²) in [6, 6.07) is 6.90. The van der Waals surface area contributed by atoms with E-state index in [1.165, 1.54) is 6.33 Å². The Kier molecular flexibility index (Phi) is 6.54. The van der Waals surface area contributed by atoms with Crippen LogP contribution in [-0.4, -0.2) is 39.1 Å². The predicted octanol–water partition coefficient (Wildman–Crippen LogP) is 2.67. The fourth-order valence-corrected chi connectivity index (χ4v) is 2.25. The number of anilines is 1. The summed E-state index contributed by atoms with van der Waals surface area (Å²) in [6.45, 7) is 0. The molecule has 1 atom stereocenters. The summed E-state index contributed by atoms with van der Waals surface area (Å²) in [7, 11) is 0. The Labute approximate surface area is 127 Å². The number of hydrogen-bond donors (Lipinski definition) is 2. The predicted molar refractivity (Wildman–Crippen MR) is 84.8 cm³/mol. The van der Waals surface area contributed by atoms with E-state index in [-0.39, 0.29) is 12.4 Å². The van der Waals surface area contributed by atoms with Gasteiger partial charge < -0.3 is 10.4 Å². The second-order valence-corrected chi connectivity index (χ2v) is 5.04. The third-order valence-corrected chi connectivity index (χ3v) is 3.41. The number of aliphatic carboxylic acids is 1. The molecule has 2 aromatic rings. The molecule has 0 bridgehead atoms. The van der Waals surface area contributed by atoms with Crippen LogP contribution in [0.2, 0.25) is 0 Å². The normalized spacial score (nSPS) is 11.7. The zero-order valence-corrected chi connectivity index (χ0v) is 12.6. The lowest BCUT2D eigenvalue weighted by atomic mass is 10.2. The summed E-state index contributed by atoms with van der Waals surface area (Å²) in [5, 5.41) is 13.0. The van der Waals surface area contributed by atoms with E-state index in [2.05, 4.69) is 15.3 Å². The maximum atomic E-state index is 11.2. The van der Waals surface area contributed by atoms with Gasteiger partial charge in [-0.15, -0.1) is 12.4 Å². The van der Waals surface area contributed by atoms with Crippen LogP contribution in [0.4, 0.5) is 5.82 Å². The van der Waals surface area contributed by atoms with Crippen LogP contribution < -0.4 is 5.32 Å². The quantitative estimate of drug-likeness (QED) is 0.854. The van der Waals surface area contributed by atoms with Crippen molar-refractivity contribution in [2.45, 2.75) is 12.5 Å². The van der Waals surface area contributed by atoms with Gasteiger partial charge in [0.1, 0.15) is 18.2 Å². The number of nitrogens with one attached hydrogen (secondary N) is 1. The van der Waals surface area contributed by atoms with Gasteiger partial charge in [-0.1, -0.05) is 12.1 Å². The van der Waals surface area contributed by atoms with Crippen LogP contribution >= 0.6 is 24.2 Å². The van der Waals surface area contributed by atoms with Crippen molar-refractivity contribution in [1.29, 1.82) is 0 Å². The van der Waals surface area contributed by atoms with Crippen molar-refractivity contribution in [2.75, 3.05) is 17.3 Å². The molecule has 0 fully saturated rings. The van der Waals surface area contributed by atoms with Gasteiger partial charge in [0.25, 0.3) is 0 Å². The molecule has 7 heteroatoms. The third-order valence-electron chi connectivity index (χ3n) is 2.76. The number of carboxylic acid groups (broad SMARTS) is 1. The molecule has 0 saturated heterocycles. The van der Waals surface area contributed by atoms with Gasteiger partial charge in [-0.2, -0.15) is 11.8 Å². The number of thioether (sulfide) groups is 1. The van der Waals surface area contributed by atoms with Gasteiger partial charge in [0.15, 0.2) is 0 Å². The van der Waals surface area contributed by atoms with Crippen molar-refractivity contribution in [3.8, 4) is 0 Å². The molecule has 0 unspecified atom stereocenters. The van der Waals surface area contributed by atoms with Crippen molar-refractivity contribution >= 4 is 46.9 Å². The average molecular weight is 314 g/mol. The van der Waals surface area contributed by atoms with Gasteiger partial charge in [0.2, 0.25) is 0 Å². The van der Waals surface area contributed by atoms with E-state index in [1.807, 2.05) is 30.5 Å². The van der Waals surface area contributed by atoms with Crippen molar-refractivity contribution in [3.05, 3.63) is 30.6 Å². The average Bonchev–Trinajstić information content (AvgIpc) is 2.43. The second kappa shape index (κ2) is 7.91. The number of para-hydroxylation sites is 1. The highest BCUT2D eigenvalue weighted by Gasteiger charge is 2.18. The lowest BCUT2D eigenvalue weighted by molar-refractivity contribution is -0.137. The standard InChI is InChI=1S/C13H15N3O2S.ClH/c1-19-7-6-11(13(17)18)16-12-9-4-2-3-5-10(9)14-8-15-12;/h2-5,8,11H,6-7H2,1H3,(H,17,18)(H,14,15,16);1H/t11-;/m0./s1. The van der Waals surface area contributed by atoms with E-state index in [1.54, 1.807) is 11.8 Å². The highest BCUT2D eigenvalue weighted by Crippen LogP contribution is 2.20. The minimum absolute atomic E-state index is 0. The zero-order valence-electron chi connectivity index (χ0n) is 10.9. The van der Waals surface area contributed by atoms with E-state index in [4.69, 9.17) is 0 Å². The van der Waals surface area contributed by atoms with Crippen molar-refractivity contribution in [3.63, 3.8) is 0 Å². The summed E-state index contributed by atoms with van der Waals surface area (Å²) < 4.78 is 0. The highest BCUT2D eigenvalue weighted by molar-refractivity contribution is 7.98. The molecule has 0 aliphatic carbocycles. The molecule has 108 valence electrons. The summed E-state index contributed by atoms with van der Waals surface area (Å²) in [4.78, 5) is 19.5. The molecule has 5 nitrogen and oxygen atoms in total. The van der Waals surface area contributed by atoms with Crippen LogP contribution in [-0.2, 0) is 4.79 Å². The fourth-order valence-electron chi connectivity index (χ4n) is 1.78. The van der Waals surface area contributed by atoms with E-state index >= 15 is 0 Å². The van der Waals surface area contributed by atoms with Gasteiger partial charge in [0.05, 0.1) is 5.52 Å². The van der Waals surface area contributed by atoms with E-state index < -0.39 is 12.0 Å². The minimum Gasteiger partial charge on any atom is -0.480 e. The van der Waals surface area contributed by atoms with Gasteiger partial charge in [-0.05, 0) is 30.6 Å². The Balaban J connectivity index is 0.00000200. The summed E-state index contributed by atoms with van der Waals surface area (Å²) >= 11 is 1.63. The molecular formula is C13H16ClN3O2S. The number of carboxylic acids is 1. The van der Waals surface area contributed by atoms with Crippen molar-refractivity contribution in [2.24, 2.45) is 0 Å². The Bertz CT molecular complexity index is 577. The van der Waals surface area contributed by atoms with Crippen LogP contribution in [0, 0.1) is 0 Å². The summed E-state index contributed by atoms with van der Waals surface area (Å²) in [5.74, 6) is 0.489. The van der Waals surface area contributed by atoms with Crippen LogP contribution in [0.3, 0.4) is 0 Å². The molecule has 1 heterocycles. The first kappa shape index (κ1) is 16.5. The molecular weight excluding hydrogens is 298 g/mol. The van der Waals surface area contributed by atoms with E-state index in [9.17, 15) is 9.90 Å². The van der Waals surface area contributed by atoms with Crippen LogP contribution in [0.1, 0.15) is 6.42 Å². The minimum atomic E-state index is -0.864. The summed E-state index contributed by atoms with van der Waals surface area (Å²) in [6.07, 6.45) is 3.95. The molecule has 0 saturated carbocycles. The number of hydrogen-bond acceptors (Lipinski definition) is 5. The molecule has 2 rings (SSSR count). The summed E-state index contributed by atoms with van der Waals surface area (Å²) in [5.41, 5.74) is 0.800. The van der Waals surface area contributed by atoms with Gasteiger partial charge in [0, 0.05) is 5.39 Å².